The standard InChI is InChI=1S/C20H22N2O/c1-2-3-5-14-18(23)22-20-16-12-8-9-13-17(16)21-19(20)15-10-6-4-7-11-15/h4,6-13,21H,2-3,5,14H2,1H3,(H,22,23). The van der Waals surface area contributed by atoms with Gasteiger partial charge in [-0.05, 0) is 12.5 Å². The Bertz CT molecular complexity index is 790. The molecule has 118 valence electrons. The van der Waals surface area contributed by atoms with Gasteiger partial charge in [0.15, 0.2) is 0 Å². The van der Waals surface area contributed by atoms with Gasteiger partial charge in [-0.2, -0.15) is 0 Å². The van der Waals surface area contributed by atoms with Crippen LogP contribution in [-0.2, 0) is 4.79 Å². The van der Waals surface area contributed by atoms with Crippen LogP contribution >= 0.6 is 0 Å². The fourth-order valence-corrected chi connectivity index (χ4v) is 2.83. The maximum atomic E-state index is 12.3. The molecule has 0 saturated heterocycles. The van der Waals surface area contributed by atoms with Crippen molar-refractivity contribution in [3.05, 3.63) is 54.6 Å². The first-order valence-electron chi connectivity index (χ1n) is 8.25. The van der Waals surface area contributed by atoms with Crippen LogP contribution in [0.3, 0.4) is 0 Å². The number of hydrogen-bond acceptors (Lipinski definition) is 1. The van der Waals surface area contributed by atoms with Gasteiger partial charge in [-0.1, -0.05) is 68.3 Å². The van der Waals surface area contributed by atoms with Gasteiger partial charge in [0.2, 0.25) is 5.91 Å². The first-order chi connectivity index (χ1) is 11.3. The number of H-pyrrole nitrogens is 1. The molecule has 3 rings (SSSR count). The second-order valence-corrected chi connectivity index (χ2v) is 5.79. The fourth-order valence-electron chi connectivity index (χ4n) is 2.83. The summed E-state index contributed by atoms with van der Waals surface area (Å²) < 4.78 is 0. The summed E-state index contributed by atoms with van der Waals surface area (Å²) in [6.07, 6.45) is 3.72. The number of rotatable bonds is 6. The number of carbonyl (C=O) groups is 1. The molecule has 0 atom stereocenters. The third-order valence-corrected chi connectivity index (χ3v) is 4.04. The van der Waals surface area contributed by atoms with Gasteiger partial charge in [0.25, 0.3) is 0 Å². The van der Waals surface area contributed by atoms with E-state index in [9.17, 15) is 4.79 Å². The molecule has 0 saturated carbocycles. The molecule has 0 radical (unpaired) electrons. The maximum absolute atomic E-state index is 12.3. The van der Waals surface area contributed by atoms with Crippen LogP contribution in [0.25, 0.3) is 22.2 Å². The summed E-state index contributed by atoms with van der Waals surface area (Å²) in [6.45, 7) is 2.14. The number of unbranched alkanes of at least 4 members (excludes halogenated alkanes) is 2. The molecular formula is C20H22N2O. The van der Waals surface area contributed by atoms with Crippen molar-refractivity contribution in [2.24, 2.45) is 0 Å². The van der Waals surface area contributed by atoms with Crippen molar-refractivity contribution in [2.45, 2.75) is 32.6 Å². The molecule has 0 aliphatic heterocycles. The Kier molecular flexibility index (Phi) is 4.77. The van der Waals surface area contributed by atoms with E-state index in [2.05, 4.69) is 29.4 Å². The van der Waals surface area contributed by atoms with E-state index in [-0.39, 0.29) is 5.91 Å². The lowest BCUT2D eigenvalue weighted by Gasteiger charge is -2.08. The highest BCUT2D eigenvalue weighted by atomic mass is 16.1. The number of fused-ring (bicyclic) bond motifs is 1. The van der Waals surface area contributed by atoms with E-state index in [1.54, 1.807) is 0 Å². The summed E-state index contributed by atoms with van der Waals surface area (Å²) in [4.78, 5) is 15.7. The Morgan fingerprint density at radius 3 is 2.52 bits per heavy atom. The number of benzene rings is 2. The lowest BCUT2D eigenvalue weighted by molar-refractivity contribution is -0.116. The van der Waals surface area contributed by atoms with E-state index in [4.69, 9.17) is 0 Å². The number of nitrogens with one attached hydrogen (secondary N) is 2. The topological polar surface area (TPSA) is 44.9 Å². The van der Waals surface area contributed by atoms with Crippen molar-refractivity contribution in [3.8, 4) is 11.3 Å². The average molecular weight is 306 g/mol. The number of para-hydroxylation sites is 1. The molecule has 0 bridgehead atoms. The molecule has 2 aromatic carbocycles. The summed E-state index contributed by atoms with van der Waals surface area (Å²) in [6, 6.07) is 18.2. The first kappa shape index (κ1) is 15.3. The summed E-state index contributed by atoms with van der Waals surface area (Å²) in [5.41, 5.74) is 3.96. The quantitative estimate of drug-likeness (QED) is 0.592. The monoisotopic (exact) mass is 306 g/mol. The summed E-state index contributed by atoms with van der Waals surface area (Å²) in [7, 11) is 0. The summed E-state index contributed by atoms with van der Waals surface area (Å²) in [5, 5.41) is 4.17. The van der Waals surface area contributed by atoms with Gasteiger partial charge < -0.3 is 10.3 Å². The smallest absolute Gasteiger partial charge is 0.224 e. The minimum atomic E-state index is 0.0837. The SMILES string of the molecule is CCCCCC(=O)Nc1c(-c2ccccc2)[nH]c2ccccc12. The van der Waals surface area contributed by atoms with Gasteiger partial charge in [0.1, 0.15) is 0 Å². The van der Waals surface area contributed by atoms with Crippen molar-refractivity contribution in [3.63, 3.8) is 0 Å². The number of carbonyl (C=O) groups excluding carboxylic acids is 1. The first-order valence-corrected chi connectivity index (χ1v) is 8.25. The fraction of sp³-hybridized carbons (Fsp3) is 0.250. The Hall–Kier alpha value is -2.55. The molecule has 3 heteroatoms. The van der Waals surface area contributed by atoms with E-state index in [1.165, 1.54) is 0 Å². The molecule has 3 aromatic rings. The normalized spacial score (nSPS) is 10.8. The van der Waals surface area contributed by atoms with E-state index >= 15 is 0 Å². The molecule has 0 aliphatic carbocycles. The lowest BCUT2D eigenvalue weighted by Crippen LogP contribution is -2.11. The van der Waals surface area contributed by atoms with Crippen LogP contribution in [0, 0.1) is 0 Å². The number of aromatic nitrogens is 1. The second kappa shape index (κ2) is 7.14. The molecule has 0 spiro atoms. The summed E-state index contributed by atoms with van der Waals surface area (Å²) >= 11 is 0. The molecule has 23 heavy (non-hydrogen) atoms. The van der Waals surface area contributed by atoms with E-state index in [0.717, 1.165) is 47.1 Å². The molecule has 2 N–H and O–H groups in total. The highest BCUT2D eigenvalue weighted by Gasteiger charge is 2.14. The predicted molar refractivity (Wildman–Crippen MR) is 96.5 cm³/mol. The van der Waals surface area contributed by atoms with Crippen molar-refractivity contribution in [1.82, 2.24) is 4.98 Å². The van der Waals surface area contributed by atoms with E-state index < -0.39 is 0 Å². The van der Waals surface area contributed by atoms with Crippen molar-refractivity contribution < 1.29 is 4.79 Å². The van der Waals surface area contributed by atoms with Crippen LogP contribution < -0.4 is 5.32 Å². The Labute approximate surface area is 136 Å². The molecule has 1 aromatic heterocycles. The molecule has 1 heterocycles. The van der Waals surface area contributed by atoms with Crippen molar-refractivity contribution in [2.75, 3.05) is 5.32 Å². The van der Waals surface area contributed by atoms with Crippen LogP contribution in [-0.4, -0.2) is 10.9 Å². The Morgan fingerprint density at radius 2 is 1.74 bits per heavy atom. The number of aromatic amines is 1. The number of anilines is 1. The Morgan fingerprint density at radius 1 is 1.00 bits per heavy atom. The van der Waals surface area contributed by atoms with Crippen molar-refractivity contribution in [1.29, 1.82) is 0 Å². The van der Waals surface area contributed by atoms with Gasteiger partial charge in [-0.15, -0.1) is 0 Å². The molecule has 1 amide bonds. The summed E-state index contributed by atoms with van der Waals surface area (Å²) in [5.74, 6) is 0.0837. The highest BCUT2D eigenvalue weighted by Crippen LogP contribution is 2.34. The number of hydrogen-bond donors (Lipinski definition) is 2. The third kappa shape index (κ3) is 3.45. The largest absolute Gasteiger partial charge is 0.353 e. The molecular weight excluding hydrogens is 284 g/mol. The van der Waals surface area contributed by atoms with Gasteiger partial charge in [-0.3, -0.25) is 4.79 Å². The van der Waals surface area contributed by atoms with Crippen molar-refractivity contribution >= 4 is 22.5 Å². The minimum absolute atomic E-state index is 0.0837. The molecule has 0 fully saturated rings. The predicted octanol–water partition coefficient (Wildman–Crippen LogP) is 5.35. The zero-order valence-electron chi connectivity index (χ0n) is 13.4. The van der Waals surface area contributed by atoms with Crippen LogP contribution in [0.1, 0.15) is 32.6 Å². The minimum Gasteiger partial charge on any atom is -0.353 e. The van der Waals surface area contributed by atoms with Gasteiger partial charge in [0, 0.05) is 22.9 Å². The van der Waals surface area contributed by atoms with Gasteiger partial charge in [0.05, 0.1) is 11.4 Å². The molecule has 0 unspecified atom stereocenters. The maximum Gasteiger partial charge on any atom is 0.224 e. The third-order valence-electron chi connectivity index (χ3n) is 4.04. The second-order valence-electron chi connectivity index (χ2n) is 5.79. The number of amides is 1. The van der Waals surface area contributed by atoms with Gasteiger partial charge in [-0.25, -0.2) is 0 Å². The van der Waals surface area contributed by atoms with Crippen LogP contribution in [0.2, 0.25) is 0 Å². The zero-order valence-corrected chi connectivity index (χ0v) is 13.4. The van der Waals surface area contributed by atoms with Crippen LogP contribution in [0.5, 0.6) is 0 Å². The Balaban J connectivity index is 1.95. The molecule has 0 aliphatic rings. The molecule has 3 nitrogen and oxygen atoms in total. The van der Waals surface area contributed by atoms with E-state index in [0.29, 0.717) is 6.42 Å². The lowest BCUT2D eigenvalue weighted by atomic mass is 10.1. The van der Waals surface area contributed by atoms with Crippen LogP contribution in [0.4, 0.5) is 5.69 Å². The zero-order chi connectivity index (χ0) is 16.1. The van der Waals surface area contributed by atoms with E-state index in [1.807, 2.05) is 42.5 Å². The average Bonchev–Trinajstić information content (AvgIpc) is 2.95. The van der Waals surface area contributed by atoms with Gasteiger partial charge >= 0.3 is 0 Å². The highest BCUT2D eigenvalue weighted by molar-refractivity contribution is 6.07. The van der Waals surface area contributed by atoms with Crippen LogP contribution in [0.15, 0.2) is 54.6 Å².